The van der Waals surface area contributed by atoms with Crippen molar-refractivity contribution in [1.29, 1.82) is 0 Å². The van der Waals surface area contributed by atoms with Gasteiger partial charge in [0.15, 0.2) is 0 Å². The van der Waals surface area contributed by atoms with Crippen LogP contribution in [-0.2, 0) is 14.3 Å². The molecule has 1 atom stereocenters. The summed E-state index contributed by atoms with van der Waals surface area (Å²) in [5.41, 5.74) is 1.88. The number of aryl methyl sites for hydroxylation is 1. The van der Waals surface area contributed by atoms with Crippen molar-refractivity contribution in [1.82, 2.24) is 4.90 Å². The molecule has 7 heteroatoms. The van der Waals surface area contributed by atoms with E-state index in [0.717, 1.165) is 5.56 Å². The molecule has 2 aromatic rings. The molecule has 1 saturated heterocycles. The third-order valence-electron chi connectivity index (χ3n) is 5.31. The fraction of sp³-hybridized carbons (Fsp3) is 0.360. The number of benzene rings is 2. The second-order valence-electron chi connectivity index (χ2n) is 8.08. The number of amides is 1. The number of hydrogen-bond donors (Lipinski definition) is 2. The summed E-state index contributed by atoms with van der Waals surface area (Å²) >= 11 is 0. The SMILES string of the molecule is COCCCN1C(=O)C(=O)/C(=C(\O)c2ccc(OC(C)C)c(C)c2)C1c1ccc(O)cc1. The first-order chi connectivity index (χ1) is 15.2. The van der Waals surface area contributed by atoms with E-state index in [9.17, 15) is 19.8 Å². The smallest absolute Gasteiger partial charge is 0.295 e. The molecule has 1 aliphatic rings. The van der Waals surface area contributed by atoms with Gasteiger partial charge in [-0.3, -0.25) is 9.59 Å². The minimum atomic E-state index is -0.764. The van der Waals surface area contributed by atoms with Gasteiger partial charge in [-0.25, -0.2) is 0 Å². The van der Waals surface area contributed by atoms with Crippen LogP contribution >= 0.6 is 0 Å². The summed E-state index contributed by atoms with van der Waals surface area (Å²) in [5.74, 6) is -0.890. The van der Waals surface area contributed by atoms with Crippen LogP contribution in [0.1, 0.15) is 43.0 Å². The maximum absolute atomic E-state index is 13.0. The van der Waals surface area contributed by atoms with Gasteiger partial charge in [0.05, 0.1) is 17.7 Å². The number of rotatable bonds is 8. The summed E-state index contributed by atoms with van der Waals surface area (Å²) in [7, 11) is 1.57. The van der Waals surface area contributed by atoms with Gasteiger partial charge in [-0.1, -0.05) is 12.1 Å². The average molecular weight is 440 g/mol. The van der Waals surface area contributed by atoms with Gasteiger partial charge in [0.2, 0.25) is 0 Å². The minimum Gasteiger partial charge on any atom is -0.508 e. The van der Waals surface area contributed by atoms with Crippen LogP contribution in [0.3, 0.4) is 0 Å². The van der Waals surface area contributed by atoms with E-state index in [2.05, 4.69) is 0 Å². The molecule has 170 valence electrons. The molecule has 1 fully saturated rings. The molecule has 1 aliphatic heterocycles. The third kappa shape index (κ3) is 4.78. The van der Waals surface area contributed by atoms with Crippen molar-refractivity contribution >= 4 is 17.4 Å². The molecule has 0 bridgehead atoms. The van der Waals surface area contributed by atoms with Crippen LogP contribution in [0.25, 0.3) is 5.76 Å². The highest BCUT2D eigenvalue weighted by molar-refractivity contribution is 6.46. The zero-order chi connectivity index (χ0) is 23.4. The lowest BCUT2D eigenvalue weighted by Crippen LogP contribution is -2.31. The number of likely N-dealkylation sites (tertiary alicyclic amines) is 1. The number of carbonyl (C=O) groups is 2. The third-order valence-corrected chi connectivity index (χ3v) is 5.31. The standard InChI is InChI=1S/C25H29NO6/c1-15(2)32-20-11-8-18(14-16(20)3)23(28)21-22(17-6-9-19(27)10-7-17)26(12-5-13-31-4)25(30)24(21)29/h6-11,14-15,22,27-28H,5,12-13H2,1-4H3/b23-21-. The van der Waals surface area contributed by atoms with Crippen molar-refractivity contribution < 1.29 is 29.3 Å². The number of phenolic OH excluding ortho intramolecular Hbond substituents is 1. The predicted octanol–water partition coefficient (Wildman–Crippen LogP) is 3.95. The van der Waals surface area contributed by atoms with E-state index in [4.69, 9.17) is 9.47 Å². The first-order valence-electron chi connectivity index (χ1n) is 10.6. The lowest BCUT2D eigenvalue weighted by molar-refractivity contribution is -0.140. The van der Waals surface area contributed by atoms with Crippen LogP contribution in [0.4, 0.5) is 0 Å². The Morgan fingerprint density at radius 2 is 1.81 bits per heavy atom. The van der Waals surface area contributed by atoms with Crippen molar-refractivity contribution in [2.24, 2.45) is 0 Å². The number of hydrogen-bond acceptors (Lipinski definition) is 6. The minimum absolute atomic E-state index is 0.0000633. The number of phenols is 1. The molecular formula is C25H29NO6. The van der Waals surface area contributed by atoms with Crippen LogP contribution < -0.4 is 4.74 Å². The van der Waals surface area contributed by atoms with E-state index in [1.807, 2.05) is 20.8 Å². The van der Waals surface area contributed by atoms with E-state index < -0.39 is 17.7 Å². The van der Waals surface area contributed by atoms with Gasteiger partial charge in [-0.05, 0) is 68.7 Å². The Bertz CT molecular complexity index is 1030. The van der Waals surface area contributed by atoms with E-state index in [1.165, 1.54) is 17.0 Å². The zero-order valence-corrected chi connectivity index (χ0v) is 18.8. The maximum atomic E-state index is 13.0. The lowest BCUT2D eigenvalue weighted by atomic mass is 9.94. The molecular weight excluding hydrogens is 410 g/mol. The van der Waals surface area contributed by atoms with Crippen LogP contribution in [0.2, 0.25) is 0 Å². The van der Waals surface area contributed by atoms with Crippen molar-refractivity contribution in [3.63, 3.8) is 0 Å². The fourth-order valence-corrected chi connectivity index (χ4v) is 3.83. The topological polar surface area (TPSA) is 96.3 Å². The number of ether oxygens (including phenoxy) is 2. The van der Waals surface area contributed by atoms with Crippen LogP contribution in [0, 0.1) is 6.92 Å². The first-order valence-corrected chi connectivity index (χ1v) is 10.6. The van der Waals surface area contributed by atoms with Crippen molar-refractivity contribution in [2.75, 3.05) is 20.3 Å². The van der Waals surface area contributed by atoms with Gasteiger partial charge in [0, 0.05) is 25.8 Å². The highest BCUT2D eigenvalue weighted by Crippen LogP contribution is 2.40. The zero-order valence-electron chi connectivity index (χ0n) is 18.8. The largest absolute Gasteiger partial charge is 0.508 e. The Morgan fingerprint density at radius 3 is 2.41 bits per heavy atom. The quantitative estimate of drug-likeness (QED) is 0.280. The van der Waals surface area contributed by atoms with Gasteiger partial charge >= 0.3 is 0 Å². The number of Topliss-reactive ketones (excluding diaryl/α,β-unsaturated/α-hetero) is 1. The fourth-order valence-electron chi connectivity index (χ4n) is 3.83. The first kappa shape index (κ1) is 23.3. The molecule has 2 aromatic carbocycles. The average Bonchev–Trinajstić information content (AvgIpc) is 3.00. The van der Waals surface area contributed by atoms with Crippen molar-refractivity contribution in [2.45, 2.75) is 39.3 Å². The molecule has 0 aromatic heterocycles. The Morgan fingerprint density at radius 1 is 1.12 bits per heavy atom. The lowest BCUT2D eigenvalue weighted by Gasteiger charge is -2.25. The second-order valence-corrected chi connectivity index (χ2v) is 8.08. The Kier molecular flexibility index (Phi) is 7.20. The van der Waals surface area contributed by atoms with E-state index in [-0.39, 0.29) is 23.2 Å². The molecule has 0 spiro atoms. The van der Waals surface area contributed by atoms with Gasteiger partial charge in [0.25, 0.3) is 11.7 Å². The number of nitrogens with zero attached hydrogens (tertiary/aromatic N) is 1. The number of aliphatic hydroxyl groups excluding tert-OH is 1. The maximum Gasteiger partial charge on any atom is 0.295 e. The highest BCUT2D eigenvalue weighted by Gasteiger charge is 2.45. The van der Waals surface area contributed by atoms with Crippen molar-refractivity contribution in [3.8, 4) is 11.5 Å². The molecule has 2 N–H and O–H groups in total. The van der Waals surface area contributed by atoms with E-state index in [0.29, 0.717) is 36.4 Å². The molecule has 32 heavy (non-hydrogen) atoms. The number of carbonyl (C=O) groups excluding carboxylic acids is 2. The molecule has 1 amide bonds. The monoisotopic (exact) mass is 439 g/mol. The van der Waals surface area contributed by atoms with Gasteiger partial charge in [0.1, 0.15) is 17.3 Å². The molecule has 0 radical (unpaired) electrons. The molecule has 0 saturated carbocycles. The Labute approximate surface area is 187 Å². The Balaban J connectivity index is 2.08. The number of aliphatic hydroxyl groups is 1. The van der Waals surface area contributed by atoms with E-state index in [1.54, 1.807) is 37.4 Å². The Hall–Kier alpha value is -3.32. The number of ketones is 1. The van der Waals surface area contributed by atoms with Crippen molar-refractivity contribution in [3.05, 3.63) is 64.7 Å². The molecule has 7 nitrogen and oxygen atoms in total. The summed E-state index contributed by atoms with van der Waals surface area (Å²) in [5, 5.41) is 20.8. The molecule has 3 rings (SSSR count). The second kappa shape index (κ2) is 9.87. The van der Waals surface area contributed by atoms with Gasteiger partial charge < -0.3 is 24.6 Å². The summed E-state index contributed by atoms with van der Waals surface area (Å²) in [4.78, 5) is 27.3. The summed E-state index contributed by atoms with van der Waals surface area (Å²) in [6, 6.07) is 10.7. The summed E-state index contributed by atoms with van der Waals surface area (Å²) < 4.78 is 10.8. The molecule has 1 heterocycles. The highest BCUT2D eigenvalue weighted by atomic mass is 16.5. The molecule has 1 unspecified atom stereocenters. The van der Waals surface area contributed by atoms with E-state index >= 15 is 0 Å². The number of methoxy groups -OCH3 is 1. The summed E-state index contributed by atoms with van der Waals surface area (Å²) in [6.07, 6.45) is 0.540. The molecule has 0 aliphatic carbocycles. The van der Waals surface area contributed by atoms with Crippen LogP contribution in [-0.4, -0.2) is 53.2 Å². The van der Waals surface area contributed by atoms with Crippen LogP contribution in [0.15, 0.2) is 48.0 Å². The number of aromatic hydroxyl groups is 1. The normalized spacial score (nSPS) is 17.9. The predicted molar refractivity (Wildman–Crippen MR) is 121 cm³/mol. The summed E-state index contributed by atoms with van der Waals surface area (Å²) in [6.45, 7) is 6.43. The van der Waals surface area contributed by atoms with Gasteiger partial charge in [-0.15, -0.1) is 0 Å². The van der Waals surface area contributed by atoms with Gasteiger partial charge in [-0.2, -0.15) is 0 Å². The van der Waals surface area contributed by atoms with Crippen LogP contribution in [0.5, 0.6) is 11.5 Å².